The molecule has 2 nitrogen and oxygen atoms in total. The van der Waals surface area contributed by atoms with Crippen LogP contribution in [0.15, 0.2) is 54.6 Å². The van der Waals surface area contributed by atoms with E-state index in [0.717, 1.165) is 24.8 Å². The minimum atomic E-state index is -0.396. The van der Waals surface area contributed by atoms with Gasteiger partial charge in [0.1, 0.15) is 5.82 Å². The standard InChI is InChI=1S/C18H20FNO/c1-2-3-12-17(14-8-5-4-6-9-14)20-18(21)15-10-7-11-16(19)13-15/h4-11,13,17H,2-3,12H2,1H3,(H,20,21). The Kier molecular flexibility index (Phi) is 5.50. The zero-order valence-corrected chi connectivity index (χ0v) is 12.2. The van der Waals surface area contributed by atoms with Crippen LogP contribution in [0.3, 0.4) is 0 Å². The molecule has 0 aliphatic rings. The van der Waals surface area contributed by atoms with Gasteiger partial charge in [-0.1, -0.05) is 56.2 Å². The molecule has 1 unspecified atom stereocenters. The number of rotatable bonds is 6. The molecule has 0 fully saturated rings. The summed E-state index contributed by atoms with van der Waals surface area (Å²) < 4.78 is 13.2. The Morgan fingerprint density at radius 2 is 1.90 bits per heavy atom. The summed E-state index contributed by atoms with van der Waals surface area (Å²) in [6.45, 7) is 2.12. The Balaban J connectivity index is 2.13. The lowest BCUT2D eigenvalue weighted by Gasteiger charge is -2.19. The molecule has 2 rings (SSSR count). The van der Waals surface area contributed by atoms with E-state index in [-0.39, 0.29) is 11.9 Å². The van der Waals surface area contributed by atoms with Gasteiger partial charge in [0.2, 0.25) is 0 Å². The molecular weight excluding hydrogens is 265 g/mol. The van der Waals surface area contributed by atoms with Gasteiger partial charge >= 0.3 is 0 Å². The first kappa shape index (κ1) is 15.2. The van der Waals surface area contributed by atoms with Gasteiger partial charge in [0, 0.05) is 5.56 Å². The van der Waals surface area contributed by atoms with Crippen LogP contribution < -0.4 is 5.32 Å². The van der Waals surface area contributed by atoms with Crippen LogP contribution in [-0.4, -0.2) is 5.91 Å². The third-order valence-corrected chi connectivity index (χ3v) is 3.44. The lowest BCUT2D eigenvalue weighted by atomic mass is 10.0. The van der Waals surface area contributed by atoms with Crippen molar-refractivity contribution in [1.82, 2.24) is 5.32 Å². The van der Waals surface area contributed by atoms with Gasteiger partial charge in [-0.15, -0.1) is 0 Å². The molecule has 1 N–H and O–H groups in total. The Morgan fingerprint density at radius 1 is 1.14 bits per heavy atom. The van der Waals surface area contributed by atoms with Crippen molar-refractivity contribution in [3.05, 3.63) is 71.5 Å². The summed E-state index contributed by atoms with van der Waals surface area (Å²) in [6, 6.07) is 15.6. The molecule has 0 saturated carbocycles. The second kappa shape index (κ2) is 7.58. The van der Waals surface area contributed by atoms with Gasteiger partial charge in [-0.2, -0.15) is 0 Å². The van der Waals surface area contributed by atoms with Crippen molar-refractivity contribution in [2.24, 2.45) is 0 Å². The molecule has 0 aliphatic carbocycles. The van der Waals surface area contributed by atoms with Crippen LogP contribution in [0.2, 0.25) is 0 Å². The van der Waals surface area contributed by atoms with E-state index < -0.39 is 5.82 Å². The minimum absolute atomic E-state index is 0.0399. The van der Waals surface area contributed by atoms with Crippen LogP contribution in [0.5, 0.6) is 0 Å². The summed E-state index contributed by atoms with van der Waals surface area (Å²) in [4.78, 5) is 12.3. The van der Waals surface area contributed by atoms with E-state index in [9.17, 15) is 9.18 Å². The molecule has 1 atom stereocenters. The normalized spacial score (nSPS) is 11.9. The van der Waals surface area contributed by atoms with E-state index in [2.05, 4.69) is 12.2 Å². The van der Waals surface area contributed by atoms with Crippen LogP contribution >= 0.6 is 0 Å². The molecule has 2 aromatic rings. The second-order valence-electron chi connectivity index (χ2n) is 5.09. The maximum Gasteiger partial charge on any atom is 0.251 e. The number of hydrogen-bond donors (Lipinski definition) is 1. The van der Waals surface area contributed by atoms with Gasteiger partial charge in [0.05, 0.1) is 6.04 Å². The molecule has 110 valence electrons. The van der Waals surface area contributed by atoms with E-state index in [0.29, 0.717) is 5.56 Å². The highest BCUT2D eigenvalue weighted by molar-refractivity contribution is 5.94. The number of hydrogen-bond acceptors (Lipinski definition) is 1. The largest absolute Gasteiger partial charge is 0.345 e. The van der Waals surface area contributed by atoms with Crippen LogP contribution in [0.25, 0.3) is 0 Å². The van der Waals surface area contributed by atoms with Crippen molar-refractivity contribution in [2.45, 2.75) is 32.2 Å². The first-order valence-corrected chi connectivity index (χ1v) is 7.32. The Morgan fingerprint density at radius 3 is 2.57 bits per heavy atom. The quantitative estimate of drug-likeness (QED) is 0.832. The maximum atomic E-state index is 13.2. The van der Waals surface area contributed by atoms with E-state index in [1.165, 1.54) is 12.1 Å². The van der Waals surface area contributed by atoms with E-state index >= 15 is 0 Å². The number of halogens is 1. The highest BCUT2D eigenvalue weighted by Crippen LogP contribution is 2.20. The predicted octanol–water partition coefficient (Wildman–Crippen LogP) is 4.49. The lowest BCUT2D eigenvalue weighted by Crippen LogP contribution is -2.28. The van der Waals surface area contributed by atoms with Gasteiger partial charge in [0.15, 0.2) is 0 Å². The number of unbranched alkanes of at least 4 members (excludes halogenated alkanes) is 1. The second-order valence-corrected chi connectivity index (χ2v) is 5.09. The van der Waals surface area contributed by atoms with Crippen molar-refractivity contribution in [1.29, 1.82) is 0 Å². The Bertz CT molecular complexity index is 583. The third-order valence-electron chi connectivity index (χ3n) is 3.44. The maximum absolute atomic E-state index is 13.2. The first-order chi connectivity index (χ1) is 10.2. The van der Waals surface area contributed by atoms with Crippen LogP contribution in [0.4, 0.5) is 4.39 Å². The number of carbonyl (C=O) groups is 1. The summed E-state index contributed by atoms with van der Waals surface area (Å²) in [5.74, 6) is -0.632. The summed E-state index contributed by atoms with van der Waals surface area (Å²) in [7, 11) is 0. The molecule has 0 aliphatic heterocycles. The number of carbonyl (C=O) groups excluding carboxylic acids is 1. The minimum Gasteiger partial charge on any atom is -0.345 e. The number of benzene rings is 2. The molecule has 0 aromatic heterocycles. The van der Waals surface area contributed by atoms with Gasteiger partial charge < -0.3 is 5.32 Å². The molecule has 3 heteroatoms. The zero-order chi connectivity index (χ0) is 15.1. The van der Waals surface area contributed by atoms with E-state index in [4.69, 9.17) is 0 Å². The highest BCUT2D eigenvalue weighted by atomic mass is 19.1. The van der Waals surface area contributed by atoms with Crippen molar-refractivity contribution < 1.29 is 9.18 Å². The van der Waals surface area contributed by atoms with Gasteiger partial charge in [0.25, 0.3) is 5.91 Å². The SMILES string of the molecule is CCCCC(NC(=O)c1cccc(F)c1)c1ccccc1. The molecule has 0 saturated heterocycles. The molecule has 0 bridgehead atoms. The Hall–Kier alpha value is -2.16. The van der Waals surface area contributed by atoms with Crippen molar-refractivity contribution in [3.63, 3.8) is 0 Å². The third kappa shape index (κ3) is 4.42. The fourth-order valence-electron chi connectivity index (χ4n) is 2.29. The number of nitrogens with one attached hydrogen (secondary N) is 1. The molecule has 0 spiro atoms. The molecule has 1 amide bonds. The molecule has 2 aromatic carbocycles. The first-order valence-electron chi connectivity index (χ1n) is 7.32. The summed E-state index contributed by atoms with van der Waals surface area (Å²) >= 11 is 0. The predicted molar refractivity (Wildman–Crippen MR) is 82.6 cm³/mol. The lowest BCUT2D eigenvalue weighted by molar-refractivity contribution is 0.0933. The average molecular weight is 285 g/mol. The van der Waals surface area contributed by atoms with Crippen LogP contribution in [0, 0.1) is 5.82 Å². The fourth-order valence-corrected chi connectivity index (χ4v) is 2.29. The van der Waals surface area contributed by atoms with Crippen LogP contribution in [-0.2, 0) is 0 Å². The highest BCUT2D eigenvalue weighted by Gasteiger charge is 2.15. The van der Waals surface area contributed by atoms with E-state index in [1.807, 2.05) is 30.3 Å². The molecular formula is C18H20FNO. The van der Waals surface area contributed by atoms with Gasteiger partial charge in [-0.25, -0.2) is 4.39 Å². The van der Waals surface area contributed by atoms with E-state index in [1.54, 1.807) is 12.1 Å². The van der Waals surface area contributed by atoms with Gasteiger partial charge in [-0.05, 0) is 30.2 Å². The van der Waals surface area contributed by atoms with Crippen molar-refractivity contribution in [2.75, 3.05) is 0 Å². The zero-order valence-electron chi connectivity index (χ0n) is 12.2. The monoisotopic (exact) mass is 285 g/mol. The smallest absolute Gasteiger partial charge is 0.251 e. The van der Waals surface area contributed by atoms with Crippen molar-refractivity contribution >= 4 is 5.91 Å². The molecule has 21 heavy (non-hydrogen) atoms. The van der Waals surface area contributed by atoms with Gasteiger partial charge in [-0.3, -0.25) is 4.79 Å². The van der Waals surface area contributed by atoms with Crippen molar-refractivity contribution in [3.8, 4) is 0 Å². The van der Waals surface area contributed by atoms with Crippen LogP contribution in [0.1, 0.15) is 48.1 Å². The molecule has 0 radical (unpaired) electrons. The average Bonchev–Trinajstić information content (AvgIpc) is 2.52. The summed E-state index contributed by atoms with van der Waals surface area (Å²) in [6.07, 6.45) is 2.98. The summed E-state index contributed by atoms with van der Waals surface area (Å²) in [5.41, 5.74) is 1.43. The number of amides is 1. The fraction of sp³-hybridized carbons (Fsp3) is 0.278. The molecule has 0 heterocycles. The topological polar surface area (TPSA) is 29.1 Å². The Labute approximate surface area is 125 Å². The summed E-state index contributed by atoms with van der Waals surface area (Å²) in [5, 5.41) is 3.01.